The first-order chi connectivity index (χ1) is 9.02. The highest BCUT2D eigenvalue weighted by molar-refractivity contribution is 7.09. The lowest BCUT2D eigenvalue weighted by Crippen LogP contribution is -2.15. The van der Waals surface area contributed by atoms with Crippen LogP contribution in [-0.2, 0) is 18.4 Å². The van der Waals surface area contributed by atoms with Gasteiger partial charge >= 0.3 is 0 Å². The van der Waals surface area contributed by atoms with Crippen LogP contribution in [0.15, 0.2) is 5.38 Å². The fraction of sp³-hybridized carbons (Fsp3) is 0.417. The minimum Gasteiger partial charge on any atom is -0.378 e. The van der Waals surface area contributed by atoms with Gasteiger partial charge in [-0.3, -0.25) is 9.48 Å². The highest BCUT2D eigenvalue weighted by atomic mass is 32.1. The van der Waals surface area contributed by atoms with Crippen molar-refractivity contribution in [2.75, 3.05) is 12.4 Å². The number of anilines is 1. The molecule has 0 unspecified atom stereocenters. The normalized spacial score (nSPS) is 10.7. The molecule has 2 aromatic heterocycles. The lowest BCUT2D eigenvalue weighted by atomic mass is 10.3. The summed E-state index contributed by atoms with van der Waals surface area (Å²) >= 11 is 1.41. The van der Waals surface area contributed by atoms with Gasteiger partial charge in [0.2, 0.25) is 0 Å². The molecule has 1 N–H and O–H groups in total. The van der Waals surface area contributed by atoms with Crippen molar-refractivity contribution >= 4 is 23.1 Å². The Balaban J connectivity index is 2.16. The molecule has 102 valence electrons. The van der Waals surface area contributed by atoms with Gasteiger partial charge in [0.15, 0.2) is 0 Å². The van der Waals surface area contributed by atoms with Crippen LogP contribution in [0.25, 0.3) is 0 Å². The van der Waals surface area contributed by atoms with Gasteiger partial charge in [-0.2, -0.15) is 5.10 Å². The molecule has 0 aliphatic rings. The summed E-state index contributed by atoms with van der Waals surface area (Å²) in [7, 11) is 3.40. The first kappa shape index (κ1) is 13.7. The number of carbonyl (C=O) groups is 1. The van der Waals surface area contributed by atoms with Crippen LogP contribution in [0.5, 0.6) is 0 Å². The van der Waals surface area contributed by atoms with Crippen molar-refractivity contribution < 1.29 is 9.53 Å². The maximum Gasteiger partial charge on any atom is 0.276 e. The zero-order chi connectivity index (χ0) is 14.0. The monoisotopic (exact) mass is 280 g/mol. The van der Waals surface area contributed by atoms with Gasteiger partial charge in [0, 0.05) is 25.1 Å². The van der Waals surface area contributed by atoms with Gasteiger partial charge in [-0.15, -0.1) is 11.3 Å². The number of carbonyl (C=O) groups excluding carboxylic acids is 1. The Hall–Kier alpha value is -1.73. The minimum absolute atomic E-state index is 0.232. The summed E-state index contributed by atoms with van der Waals surface area (Å²) in [5, 5.41) is 9.60. The Morgan fingerprint density at radius 2 is 2.26 bits per heavy atom. The number of nitrogens with one attached hydrogen (secondary N) is 1. The molecule has 2 rings (SSSR count). The molecule has 0 bridgehead atoms. The second-order valence-corrected chi connectivity index (χ2v) is 5.14. The van der Waals surface area contributed by atoms with Crippen LogP contribution in [0.4, 0.5) is 5.82 Å². The molecule has 0 radical (unpaired) electrons. The number of hydrogen-bond acceptors (Lipinski definition) is 5. The number of thiazole rings is 1. The van der Waals surface area contributed by atoms with E-state index in [0.717, 1.165) is 16.3 Å². The maximum absolute atomic E-state index is 12.1. The molecular weight excluding hydrogens is 264 g/mol. The SMILES string of the molecule is COCc1nc(C(=O)Nc2c(C)c(C)nn2C)cs1. The third-order valence-electron chi connectivity index (χ3n) is 2.81. The van der Waals surface area contributed by atoms with Crippen LogP contribution in [-0.4, -0.2) is 27.8 Å². The van der Waals surface area contributed by atoms with Crippen LogP contribution >= 0.6 is 11.3 Å². The largest absolute Gasteiger partial charge is 0.378 e. The summed E-state index contributed by atoms with van der Waals surface area (Å²) in [5.41, 5.74) is 2.26. The summed E-state index contributed by atoms with van der Waals surface area (Å²) in [4.78, 5) is 16.3. The van der Waals surface area contributed by atoms with Crippen LogP contribution in [0.1, 0.15) is 26.8 Å². The van der Waals surface area contributed by atoms with E-state index in [2.05, 4.69) is 15.4 Å². The van der Waals surface area contributed by atoms with Crippen LogP contribution in [0.3, 0.4) is 0 Å². The second kappa shape index (κ2) is 5.50. The van der Waals surface area contributed by atoms with Gasteiger partial charge in [-0.05, 0) is 13.8 Å². The Bertz CT molecular complexity index is 603. The van der Waals surface area contributed by atoms with Crippen molar-refractivity contribution in [3.8, 4) is 0 Å². The molecule has 0 aliphatic carbocycles. The number of methoxy groups -OCH3 is 1. The average molecular weight is 280 g/mol. The zero-order valence-corrected chi connectivity index (χ0v) is 12.2. The number of rotatable bonds is 4. The molecule has 1 amide bonds. The Morgan fingerprint density at radius 1 is 1.53 bits per heavy atom. The maximum atomic E-state index is 12.1. The van der Waals surface area contributed by atoms with Gasteiger partial charge in [0.25, 0.3) is 5.91 Å². The van der Waals surface area contributed by atoms with E-state index in [9.17, 15) is 4.79 Å². The summed E-state index contributed by atoms with van der Waals surface area (Å²) in [6.07, 6.45) is 0. The molecule has 0 spiro atoms. The summed E-state index contributed by atoms with van der Waals surface area (Å²) in [6, 6.07) is 0. The summed E-state index contributed by atoms with van der Waals surface area (Å²) in [6.45, 7) is 4.25. The molecule has 7 heteroatoms. The van der Waals surface area contributed by atoms with Crippen molar-refractivity contribution in [2.45, 2.75) is 20.5 Å². The van der Waals surface area contributed by atoms with Crippen LogP contribution in [0, 0.1) is 13.8 Å². The molecule has 0 fully saturated rings. The Kier molecular flexibility index (Phi) is 3.96. The van der Waals surface area contributed by atoms with Crippen molar-refractivity contribution in [1.29, 1.82) is 0 Å². The van der Waals surface area contributed by atoms with Crippen molar-refractivity contribution in [3.05, 3.63) is 27.3 Å². The standard InChI is InChI=1S/C12H16N4O2S/c1-7-8(2)15-16(3)11(7)14-12(17)9-6-19-10(13-9)5-18-4/h6H,5H2,1-4H3,(H,14,17). The molecule has 0 atom stereocenters. The van der Waals surface area contributed by atoms with E-state index in [1.54, 1.807) is 24.2 Å². The zero-order valence-electron chi connectivity index (χ0n) is 11.4. The number of hydrogen-bond donors (Lipinski definition) is 1. The summed E-state index contributed by atoms with van der Waals surface area (Å²) in [5.74, 6) is 0.466. The van der Waals surface area contributed by atoms with E-state index in [4.69, 9.17) is 4.74 Å². The fourth-order valence-electron chi connectivity index (χ4n) is 1.72. The molecule has 6 nitrogen and oxygen atoms in total. The molecule has 2 heterocycles. The lowest BCUT2D eigenvalue weighted by Gasteiger charge is -2.04. The van der Waals surface area contributed by atoms with Gasteiger partial charge in [-0.25, -0.2) is 4.98 Å². The third kappa shape index (κ3) is 2.82. The van der Waals surface area contributed by atoms with E-state index in [1.165, 1.54) is 11.3 Å². The highest BCUT2D eigenvalue weighted by Gasteiger charge is 2.15. The van der Waals surface area contributed by atoms with Gasteiger partial charge in [-0.1, -0.05) is 0 Å². The Labute approximate surface area is 115 Å². The number of aromatic nitrogens is 3. The summed E-state index contributed by atoms with van der Waals surface area (Å²) < 4.78 is 6.64. The van der Waals surface area contributed by atoms with Crippen molar-refractivity contribution in [1.82, 2.24) is 14.8 Å². The lowest BCUT2D eigenvalue weighted by molar-refractivity contribution is 0.102. The fourth-order valence-corrected chi connectivity index (χ4v) is 2.46. The number of amides is 1. The van der Waals surface area contributed by atoms with E-state index in [1.807, 2.05) is 13.8 Å². The van der Waals surface area contributed by atoms with E-state index in [-0.39, 0.29) is 5.91 Å². The molecule has 19 heavy (non-hydrogen) atoms. The van der Waals surface area contributed by atoms with Crippen molar-refractivity contribution in [3.63, 3.8) is 0 Å². The highest BCUT2D eigenvalue weighted by Crippen LogP contribution is 2.18. The number of ether oxygens (including phenoxy) is 1. The third-order valence-corrected chi connectivity index (χ3v) is 3.63. The molecule has 0 saturated carbocycles. The van der Waals surface area contributed by atoms with Crippen LogP contribution < -0.4 is 5.32 Å². The van der Waals surface area contributed by atoms with Gasteiger partial charge < -0.3 is 10.1 Å². The van der Waals surface area contributed by atoms with Crippen molar-refractivity contribution in [2.24, 2.45) is 7.05 Å². The Morgan fingerprint density at radius 3 is 2.84 bits per heavy atom. The van der Waals surface area contributed by atoms with E-state index >= 15 is 0 Å². The predicted octanol–water partition coefficient (Wildman–Crippen LogP) is 1.89. The van der Waals surface area contributed by atoms with E-state index < -0.39 is 0 Å². The minimum atomic E-state index is -0.232. The first-order valence-corrected chi connectivity index (χ1v) is 6.65. The smallest absolute Gasteiger partial charge is 0.276 e. The van der Waals surface area contributed by atoms with Gasteiger partial charge in [0.05, 0.1) is 12.3 Å². The molecule has 0 saturated heterocycles. The molecular formula is C12H16N4O2S. The number of nitrogens with zero attached hydrogens (tertiary/aromatic N) is 3. The first-order valence-electron chi connectivity index (χ1n) is 5.77. The predicted molar refractivity (Wildman–Crippen MR) is 73.5 cm³/mol. The van der Waals surface area contributed by atoms with Gasteiger partial charge in [0.1, 0.15) is 16.5 Å². The second-order valence-electron chi connectivity index (χ2n) is 4.20. The number of aryl methyl sites for hydroxylation is 2. The molecule has 0 aliphatic heterocycles. The van der Waals surface area contributed by atoms with E-state index in [0.29, 0.717) is 18.1 Å². The quantitative estimate of drug-likeness (QED) is 0.928. The topological polar surface area (TPSA) is 69.0 Å². The van der Waals surface area contributed by atoms with Crippen LogP contribution in [0.2, 0.25) is 0 Å². The average Bonchev–Trinajstić information content (AvgIpc) is 2.91. The molecule has 2 aromatic rings. The molecule has 0 aromatic carbocycles.